The largest absolute Gasteiger partial charge is 0.442 e. The Kier molecular flexibility index (Phi) is 29.2. The molecule has 0 rings (SSSR count). The number of rotatable bonds is 0. The second kappa shape index (κ2) is 18.2. The highest BCUT2D eigenvalue weighted by atomic mass is 29.1. The quantitative estimate of drug-likeness (QED) is 0.399. The predicted octanol–water partition coefficient (Wildman–Crippen LogP) is -1.24. The van der Waals surface area contributed by atoms with E-state index in [9.17, 15) is 0 Å². The fraction of sp³-hybridized carbons (Fsp3) is 1.00. The fourth-order valence-corrected chi connectivity index (χ4v) is 0. The van der Waals surface area contributed by atoms with Gasteiger partial charge < -0.3 is 4.80 Å². The van der Waals surface area contributed by atoms with Gasteiger partial charge in [-0.1, -0.05) is 20.3 Å². The molecular weight excluding hydrogens is 108 g/mol. The summed E-state index contributed by atoms with van der Waals surface area (Å²) in [6.45, 7) is 4.25. The summed E-state index contributed by atoms with van der Waals surface area (Å²) in [6, 6.07) is 0. The molecule has 0 unspecified atom stereocenters. The summed E-state index contributed by atoms with van der Waals surface area (Å²) < 4.78 is 0. The highest BCUT2D eigenvalue weighted by Crippen LogP contribution is 1.56. The summed E-state index contributed by atoms with van der Waals surface area (Å²) >= 11 is 0. The molecule has 1 nitrogen and oxygen atoms in total. The van der Waals surface area contributed by atoms with E-state index < -0.39 is 9.28 Å². The molecule has 0 saturated carbocycles. The molecule has 0 saturated heterocycles. The molecule has 0 aromatic rings. The zero-order valence-electron chi connectivity index (χ0n) is 4.86. The van der Waals surface area contributed by atoms with Gasteiger partial charge in [-0.05, 0) is 0 Å². The molecule has 1 N–H and O–H groups in total. The topological polar surface area (TPSA) is 20.2 Å². The van der Waals surface area contributed by atoms with Crippen molar-refractivity contribution in [3.63, 3.8) is 0 Å². The van der Waals surface area contributed by atoms with Crippen molar-refractivity contribution in [3.8, 4) is 0 Å². The van der Waals surface area contributed by atoms with E-state index >= 15 is 0 Å². The summed E-state index contributed by atoms with van der Waals surface area (Å²) in [5, 5.41) is 0. The molecular formula is C3H14OSi2. The Morgan fingerprint density at radius 2 is 1.67 bits per heavy atom. The molecule has 0 radical (unpaired) electrons. The standard InChI is InChI=1S/C3H8.H6OSi2/c2*1-3-2/h3H2,1-2H3;1H,3H2,2H3. The smallest absolute Gasteiger partial charge is 0.134 e. The molecule has 0 bridgehead atoms. The van der Waals surface area contributed by atoms with Crippen molar-refractivity contribution in [2.24, 2.45) is 0 Å². The third-order valence-electron chi connectivity index (χ3n) is 0. The maximum Gasteiger partial charge on any atom is 0.134 e. The summed E-state index contributed by atoms with van der Waals surface area (Å²) in [5.41, 5.74) is 0. The van der Waals surface area contributed by atoms with E-state index in [1.165, 1.54) is 6.42 Å². The first-order valence-electron chi connectivity index (χ1n) is 2.44. The Morgan fingerprint density at radius 3 is 1.67 bits per heavy atom. The molecule has 0 spiro atoms. The van der Waals surface area contributed by atoms with Gasteiger partial charge >= 0.3 is 0 Å². The van der Waals surface area contributed by atoms with Gasteiger partial charge in [0.15, 0.2) is 0 Å². The molecule has 0 aromatic carbocycles. The summed E-state index contributed by atoms with van der Waals surface area (Å²) in [6.07, 6.45) is 1.25. The lowest BCUT2D eigenvalue weighted by Gasteiger charge is -1.49. The van der Waals surface area contributed by atoms with Crippen LogP contribution in [0.15, 0.2) is 0 Å². The first-order chi connectivity index (χ1) is 2.83. The van der Waals surface area contributed by atoms with Gasteiger partial charge in [0.2, 0.25) is 0 Å². The summed E-state index contributed by atoms with van der Waals surface area (Å²) in [7, 11) is 0.619. The van der Waals surface area contributed by atoms with Crippen LogP contribution in [0.25, 0.3) is 0 Å². The van der Waals surface area contributed by atoms with Crippen LogP contribution in [-0.4, -0.2) is 23.8 Å². The average molecular weight is 122 g/mol. The second-order valence-electron chi connectivity index (χ2n) is 1.02. The van der Waals surface area contributed by atoms with Crippen molar-refractivity contribution in [1.82, 2.24) is 0 Å². The van der Waals surface area contributed by atoms with Crippen LogP contribution in [0, 0.1) is 0 Å². The third kappa shape index (κ3) is 326. The Labute approximate surface area is 44.9 Å². The van der Waals surface area contributed by atoms with E-state index in [1.807, 2.05) is 0 Å². The molecule has 0 aliphatic carbocycles. The van der Waals surface area contributed by atoms with Gasteiger partial charge in [0.1, 0.15) is 9.28 Å². The molecule has 0 heterocycles. The molecule has 0 fully saturated rings. The molecule has 3 heteroatoms. The Hall–Kier alpha value is 0.394. The lowest BCUT2D eigenvalue weighted by Crippen LogP contribution is -1.77. The minimum Gasteiger partial charge on any atom is -0.442 e. The monoisotopic (exact) mass is 122 g/mol. The summed E-state index contributed by atoms with van der Waals surface area (Å²) in [4.78, 5) is 7.77. The third-order valence-corrected chi connectivity index (χ3v) is 0. The Morgan fingerprint density at radius 1 is 1.67 bits per heavy atom. The number of hydrogen-bond donors (Lipinski definition) is 1. The van der Waals surface area contributed by atoms with Gasteiger partial charge in [-0.2, -0.15) is 0 Å². The van der Waals surface area contributed by atoms with Gasteiger partial charge in [0.25, 0.3) is 0 Å². The van der Waals surface area contributed by atoms with Crippen LogP contribution in [0.4, 0.5) is 0 Å². The predicted molar refractivity (Wildman–Crippen MR) is 36.7 cm³/mol. The summed E-state index contributed by atoms with van der Waals surface area (Å²) in [5.74, 6) is 0. The van der Waals surface area contributed by atoms with Crippen LogP contribution in [0.2, 0.25) is 0 Å². The van der Waals surface area contributed by atoms with Crippen molar-refractivity contribution >= 4 is 19.0 Å². The molecule has 0 aromatic heterocycles. The van der Waals surface area contributed by atoms with Gasteiger partial charge in [-0.15, -0.1) is 0 Å². The van der Waals surface area contributed by atoms with Crippen molar-refractivity contribution < 1.29 is 4.80 Å². The minimum absolute atomic E-state index is 0.444. The Balaban J connectivity index is 0. The lowest BCUT2D eigenvalue weighted by molar-refractivity contribution is 0.621. The normalized spacial score (nSPS) is 8.50. The highest BCUT2D eigenvalue weighted by molar-refractivity contribution is 6.84. The van der Waals surface area contributed by atoms with E-state index in [2.05, 4.69) is 13.8 Å². The number of hydrogen-bond acceptors (Lipinski definition) is 1. The maximum absolute atomic E-state index is 7.77. The zero-order valence-corrected chi connectivity index (χ0v) is 8.28. The molecule has 40 valence electrons. The second-order valence-corrected chi connectivity index (χ2v) is 3.55. The van der Waals surface area contributed by atoms with Gasteiger partial charge in [-0.25, -0.2) is 0 Å². The minimum atomic E-state index is -0.444. The van der Waals surface area contributed by atoms with Crippen LogP contribution in [0.3, 0.4) is 0 Å². The van der Waals surface area contributed by atoms with Gasteiger partial charge in [0, 0.05) is 9.76 Å². The first kappa shape index (κ1) is 9.64. The van der Waals surface area contributed by atoms with E-state index in [0.717, 1.165) is 9.76 Å². The van der Waals surface area contributed by atoms with E-state index in [0.29, 0.717) is 0 Å². The van der Waals surface area contributed by atoms with Crippen LogP contribution in [0.5, 0.6) is 0 Å². The SMILES string of the molecule is CCC.O[SiH2][SiH3]. The van der Waals surface area contributed by atoms with Crippen LogP contribution in [0.1, 0.15) is 20.3 Å². The van der Waals surface area contributed by atoms with E-state index in [4.69, 9.17) is 4.80 Å². The van der Waals surface area contributed by atoms with Gasteiger partial charge in [0.05, 0.1) is 0 Å². The van der Waals surface area contributed by atoms with Crippen LogP contribution < -0.4 is 0 Å². The Bertz CT molecular complexity index is 10.8. The van der Waals surface area contributed by atoms with Crippen molar-refractivity contribution in [1.29, 1.82) is 0 Å². The van der Waals surface area contributed by atoms with Crippen LogP contribution >= 0.6 is 0 Å². The lowest BCUT2D eigenvalue weighted by atomic mass is 10.6. The zero-order chi connectivity index (χ0) is 5.41. The fourth-order valence-electron chi connectivity index (χ4n) is 0. The molecule has 6 heavy (non-hydrogen) atoms. The molecule has 0 aliphatic heterocycles. The molecule has 0 atom stereocenters. The maximum atomic E-state index is 7.77. The molecule has 0 amide bonds. The van der Waals surface area contributed by atoms with E-state index in [1.54, 1.807) is 0 Å². The first-order valence-corrected chi connectivity index (χ1v) is 8.73. The van der Waals surface area contributed by atoms with E-state index in [-0.39, 0.29) is 0 Å². The van der Waals surface area contributed by atoms with Gasteiger partial charge in [-0.3, -0.25) is 0 Å². The highest BCUT2D eigenvalue weighted by Gasteiger charge is 1.40. The van der Waals surface area contributed by atoms with Crippen molar-refractivity contribution in [2.45, 2.75) is 20.3 Å². The van der Waals surface area contributed by atoms with Crippen LogP contribution in [-0.2, 0) is 0 Å². The van der Waals surface area contributed by atoms with Crippen molar-refractivity contribution in [3.05, 3.63) is 0 Å². The molecule has 0 aliphatic rings. The average Bonchev–Trinajstić information content (AvgIpc) is 1.39. The van der Waals surface area contributed by atoms with Crippen molar-refractivity contribution in [2.75, 3.05) is 0 Å².